The molecule has 0 radical (unpaired) electrons. The van der Waals surface area contributed by atoms with Crippen LogP contribution >= 0.6 is 58.1 Å². The van der Waals surface area contributed by atoms with Crippen molar-refractivity contribution >= 4 is 58.1 Å². The van der Waals surface area contributed by atoms with Gasteiger partial charge in [-0.15, -0.1) is 0 Å². The summed E-state index contributed by atoms with van der Waals surface area (Å²) in [5, 5.41) is 0. The average molecular weight is 314 g/mol. The SMILES string of the molecule is [Cl][Ru-3]([Cl])([Cl])([Cl])([Cl])[Cl]. The molecule has 0 fully saturated rings. The Morgan fingerprint density at radius 2 is 0.571 bits per heavy atom. The van der Waals surface area contributed by atoms with Crippen LogP contribution in [0.2, 0.25) is 0 Å². The zero-order valence-corrected chi connectivity index (χ0v) is 8.90. The van der Waals surface area contributed by atoms with Crippen LogP contribution in [0, 0.1) is 0 Å². The Morgan fingerprint density at radius 3 is 0.571 bits per heavy atom. The van der Waals surface area contributed by atoms with E-state index in [1.165, 1.54) is 0 Å². The molecule has 0 aliphatic heterocycles. The third kappa shape index (κ3) is 60.6. The number of hydrogen-bond donors (Lipinski definition) is 0. The normalized spacial score (nSPS) is 23.1. The van der Waals surface area contributed by atoms with E-state index in [9.17, 15) is 0 Å². The molecule has 0 heterocycles. The van der Waals surface area contributed by atoms with Crippen LogP contribution in [0.5, 0.6) is 0 Å². The summed E-state index contributed by atoms with van der Waals surface area (Å²) in [5.41, 5.74) is 0. The zero-order chi connectivity index (χ0) is 6.41. The topological polar surface area (TPSA) is 0 Å². The van der Waals surface area contributed by atoms with Crippen LogP contribution in [0.4, 0.5) is 0 Å². The minimum absolute atomic E-state index is 5.04. The first kappa shape index (κ1) is 9.36. The van der Waals surface area contributed by atoms with Gasteiger partial charge < -0.3 is 0 Å². The van der Waals surface area contributed by atoms with Gasteiger partial charge in [0.25, 0.3) is 0 Å². The van der Waals surface area contributed by atoms with E-state index in [1.807, 2.05) is 0 Å². The Balaban J connectivity index is 4.43. The van der Waals surface area contributed by atoms with Crippen molar-refractivity contribution in [1.82, 2.24) is 0 Å². The van der Waals surface area contributed by atoms with E-state index < -0.39 is 6.48 Å². The van der Waals surface area contributed by atoms with E-state index in [1.54, 1.807) is 0 Å². The van der Waals surface area contributed by atoms with Crippen LogP contribution in [0.25, 0.3) is 0 Å². The molecule has 0 amide bonds. The van der Waals surface area contributed by atoms with E-state index in [-0.39, 0.29) is 0 Å². The molecule has 0 aromatic rings. The number of hydrogen-bond acceptors (Lipinski definition) is 0. The molecule has 0 nitrogen and oxygen atoms in total. The van der Waals surface area contributed by atoms with E-state index in [0.29, 0.717) is 0 Å². The maximum absolute atomic E-state index is 5.22. The molecule has 0 bridgehead atoms. The molecule has 7 heteroatoms. The molecular formula is Cl6Ru-3. The third-order valence-electron chi connectivity index (χ3n) is 0. The van der Waals surface area contributed by atoms with Crippen LogP contribution in [0.3, 0.4) is 0 Å². The van der Waals surface area contributed by atoms with E-state index in [0.717, 1.165) is 0 Å². The molecule has 0 aliphatic rings. The Bertz CT molecular complexity index is 62.7. The average Bonchev–Trinajstić information content (AvgIpc) is 0.592. The van der Waals surface area contributed by atoms with Crippen molar-refractivity contribution in [2.75, 3.05) is 0 Å². The second kappa shape index (κ2) is 1.50. The van der Waals surface area contributed by atoms with Crippen LogP contribution in [-0.2, 0) is 6.48 Å². The van der Waals surface area contributed by atoms with Crippen molar-refractivity contribution in [3.8, 4) is 0 Å². The van der Waals surface area contributed by atoms with Gasteiger partial charge >= 0.3 is 64.6 Å². The first-order chi connectivity index (χ1) is 2.45. The van der Waals surface area contributed by atoms with Crippen LogP contribution in [-0.4, -0.2) is 0 Å². The predicted octanol–water partition coefficient (Wildman–Crippen LogP) is 4.13. The fourth-order valence-electron chi connectivity index (χ4n) is 0. The van der Waals surface area contributed by atoms with Gasteiger partial charge in [-0.2, -0.15) is 0 Å². The molecule has 0 aromatic heterocycles. The molecule has 0 rings (SSSR count). The molecular weight excluding hydrogens is 314 g/mol. The zero-order valence-electron chi connectivity index (χ0n) is 2.62. The number of halogens is 6. The monoisotopic (exact) mass is 312 g/mol. The van der Waals surface area contributed by atoms with Crippen LogP contribution in [0.1, 0.15) is 0 Å². The van der Waals surface area contributed by atoms with E-state index in [2.05, 4.69) is 0 Å². The molecule has 0 atom stereocenters. The molecule has 7 heavy (non-hydrogen) atoms. The molecule has 0 unspecified atom stereocenters. The van der Waals surface area contributed by atoms with Crippen molar-refractivity contribution < 1.29 is 6.48 Å². The fraction of sp³-hybridized carbons (Fsp3) is 0. The van der Waals surface area contributed by atoms with Crippen molar-refractivity contribution in [3.63, 3.8) is 0 Å². The number of rotatable bonds is 0. The predicted molar refractivity (Wildman–Crippen MR) is 35.1 cm³/mol. The summed E-state index contributed by atoms with van der Waals surface area (Å²) in [4.78, 5) is 0. The molecule has 0 aromatic carbocycles. The van der Waals surface area contributed by atoms with Gasteiger partial charge in [-0.05, 0) is 0 Å². The van der Waals surface area contributed by atoms with Gasteiger partial charge in [-0.3, -0.25) is 0 Å². The molecule has 0 spiro atoms. The Hall–Kier alpha value is 2.36. The summed E-state index contributed by atoms with van der Waals surface area (Å²) in [6.07, 6.45) is 0. The molecule has 53 valence electrons. The molecule has 0 N–H and O–H groups in total. The van der Waals surface area contributed by atoms with Gasteiger partial charge in [-0.1, -0.05) is 0 Å². The second-order valence-electron chi connectivity index (χ2n) is 0.758. The van der Waals surface area contributed by atoms with Gasteiger partial charge in [0.2, 0.25) is 0 Å². The first-order valence-electron chi connectivity index (χ1n) is 0.802. The Labute approximate surface area is 63.9 Å². The minimum atomic E-state index is -5.22. The molecule has 0 aliphatic carbocycles. The summed E-state index contributed by atoms with van der Waals surface area (Å²) >= 11 is 0. The van der Waals surface area contributed by atoms with Crippen molar-refractivity contribution in [3.05, 3.63) is 0 Å². The summed E-state index contributed by atoms with van der Waals surface area (Å²) in [5.74, 6) is 0. The van der Waals surface area contributed by atoms with Crippen molar-refractivity contribution in [2.24, 2.45) is 0 Å². The first-order valence-corrected chi connectivity index (χ1v) is 14.2. The van der Waals surface area contributed by atoms with Gasteiger partial charge in [0.15, 0.2) is 0 Å². The van der Waals surface area contributed by atoms with Gasteiger partial charge in [0, 0.05) is 0 Å². The quantitative estimate of drug-likeness (QED) is 0.590. The molecule has 0 saturated heterocycles. The molecule has 0 saturated carbocycles. The Kier molecular flexibility index (Phi) is 2.01. The summed E-state index contributed by atoms with van der Waals surface area (Å²) in [7, 11) is 30.3. The van der Waals surface area contributed by atoms with Gasteiger partial charge in [0.1, 0.15) is 0 Å². The van der Waals surface area contributed by atoms with Crippen molar-refractivity contribution in [2.45, 2.75) is 0 Å². The van der Waals surface area contributed by atoms with Gasteiger partial charge in [0.05, 0.1) is 0 Å². The van der Waals surface area contributed by atoms with Crippen molar-refractivity contribution in [1.29, 1.82) is 0 Å². The summed E-state index contributed by atoms with van der Waals surface area (Å²) < 4.78 is 0. The second-order valence-corrected chi connectivity index (χ2v) is 40.3. The summed E-state index contributed by atoms with van der Waals surface area (Å²) in [6, 6.07) is 0. The Morgan fingerprint density at radius 1 is 0.571 bits per heavy atom. The van der Waals surface area contributed by atoms with E-state index >= 15 is 0 Å². The van der Waals surface area contributed by atoms with Crippen LogP contribution < -0.4 is 0 Å². The van der Waals surface area contributed by atoms with Gasteiger partial charge in [-0.25, -0.2) is 0 Å². The van der Waals surface area contributed by atoms with E-state index in [4.69, 9.17) is 58.1 Å². The fourth-order valence-corrected chi connectivity index (χ4v) is 0. The third-order valence-corrected chi connectivity index (χ3v) is 0. The standard InChI is InChI=1S/6ClH.Ru/h6*1H;/q;;;;;;+3/p-6. The van der Waals surface area contributed by atoms with Crippen LogP contribution in [0.15, 0.2) is 0 Å². The maximum atomic E-state index is 5.04. The summed E-state index contributed by atoms with van der Waals surface area (Å²) in [6.45, 7) is -5.22.